The molecule has 0 spiro atoms. The Labute approximate surface area is 148 Å². The van der Waals surface area contributed by atoms with Gasteiger partial charge in [0.05, 0.1) is 18.7 Å². The number of nitrogens with one attached hydrogen (secondary N) is 1. The minimum absolute atomic E-state index is 0.191. The van der Waals surface area contributed by atoms with Crippen molar-refractivity contribution in [3.8, 4) is 5.75 Å². The van der Waals surface area contributed by atoms with E-state index in [1.54, 1.807) is 6.92 Å². The molecule has 124 valence electrons. The molecule has 0 unspecified atom stereocenters. The second-order valence-corrected chi connectivity index (χ2v) is 6.07. The Balaban J connectivity index is 1.75. The second kappa shape index (κ2) is 7.49. The zero-order valence-electron chi connectivity index (χ0n) is 13.2. The molecule has 0 atom stereocenters. The highest BCUT2D eigenvalue weighted by Crippen LogP contribution is 2.24. The third kappa shape index (κ3) is 3.76. The summed E-state index contributed by atoms with van der Waals surface area (Å²) >= 11 is 3.54. The molecule has 0 radical (unpaired) electrons. The van der Waals surface area contributed by atoms with E-state index < -0.39 is 0 Å². The lowest BCUT2D eigenvalue weighted by molar-refractivity contribution is -0.142. The van der Waals surface area contributed by atoms with Gasteiger partial charge in [-0.1, -0.05) is 18.2 Å². The summed E-state index contributed by atoms with van der Waals surface area (Å²) < 4.78 is 11.8. The summed E-state index contributed by atoms with van der Waals surface area (Å²) in [7, 11) is 0. The van der Waals surface area contributed by atoms with E-state index in [2.05, 4.69) is 25.9 Å². The summed E-state index contributed by atoms with van der Waals surface area (Å²) in [6.45, 7) is 2.48. The molecule has 5 nitrogen and oxygen atoms in total. The van der Waals surface area contributed by atoms with Crippen molar-refractivity contribution >= 4 is 32.9 Å². The Bertz CT molecular complexity index is 860. The van der Waals surface area contributed by atoms with Crippen LogP contribution in [0.3, 0.4) is 0 Å². The van der Waals surface area contributed by atoms with Gasteiger partial charge in [-0.2, -0.15) is 0 Å². The fraction of sp³-hybridized carbons (Fsp3) is 0.222. The molecule has 0 saturated carbocycles. The minimum Gasteiger partial charge on any atom is -0.487 e. The fourth-order valence-corrected chi connectivity index (χ4v) is 3.01. The molecule has 6 heteroatoms. The van der Waals surface area contributed by atoms with Gasteiger partial charge in [-0.25, -0.2) is 4.98 Å². The molecule has 2 heterocycles. The van der Waals surface area contributed by atoms with Crippen molar-refractivity contribution in [2.75, 3.05) is 6.61 Å². The maximum Gasteiger partial charge on any atom is 0.310 e. The van der Waals surface area contributed by atoms with Crippen LogP contribution in [0.4, 0.5) is 0 Å². The Kier molecular flexibility index (Phi) is 5.15. The van der Waals surface area contributed by atoms with Crippen molar-refractivity contribution in [1.82, 2.24) is 9.97 Å². The number of hydrogen-bond donors (Lipinski definition) is 1. The van der Waals surface area contributed by atoms with Crippen LogP contribution in [0.1, 0.15) is 18.2 Å². The lowest BCUT2D eigenvalue weighted by Crippen LogP contribution is -2.09. The van der Waals surface area contributed by atoms with E-state index in [9.17, 15) is 4.79 Å². The van der Waals surface area contributed by atoms with E-state index in [0.29, 0.717) is 19.0 Å². The van der Waals surface area contributed by atoms with Crippen LogP contribution in [0, 0.1) is 0 Å². The molecule has 0 aliphatic carbocycles. The molecule has 3 rings (SSSR count). The predicted octanol–water partition coefficient (Wildman–Crippen LogP) is 4.01. The number of para-hydroxylation sites is 1. The van der Waals surface area contributed by atoms with Crippen LogP contribution in [0.15, 0.2) is 47.1 Å². The average molecular weight is 389 g/mol. The predicted molar refractivity (Wildman–Crippen MR) is 94.9 cm³/mol. The largest absolute Gasteiger partial charge is 0.487 e. The van der Waals surface area contributed by atoms with Crippen molar-refractivity contribution in [3.63, 3.8) is 0 Å². The topological polar surface area (TPSA) is 64.2 Å². The number of pyridine rings is 1. The van der Waals surface area contributed by atoms with Crippen molar-refractivity contribution in [1.29, 1.82) is 0 Å². The number of esters is 1. The number of carbonyl (C=O) groups is 1. The fourth-order valence-electron chi connectivity index (χ4n) is 2.43. The molecule has 0 saturated heterocycles. The number of aromatic nitrogens is 2. The molecule has 3 aromatic rings. The van der Waals surface area contributed by atoms with Crippen LogP contribution < -0.4 is 4.74 Å². The van der Waals surface area contributed by atoms with Crippen molar-refractivity contribution < 1.29 is 14.3 Å². The van der Waals surface area contributed by atoms with Crippen LogP contribution >= 0.6 is 15.9 Å². The number of aromatic amines is 1. The number of fused-ring (bicyclic) bond motifs is 1. The van der Waals surface area contributed by atoms with Crippen LogP contribution in [0.5, 0.6) is 5.75 Å². The SMILES string of the molecule is CCOC(=O)Cc1ccccc1OCc1cc(Br)c2cc[nH]c2n1. The summed E-state index contributed by atoms with van der Waals surface area (Å²) in [4.78, 5) is 19.3. The lowest BCUT2D eigenvalue weighted by atomic mass is 10.1. The molecule has 0 fully saturated rings. The first-order valence-corrected chi connectivity index (χ1v) is 8.45. The van der Waals surface area contributed by atoms with Crippen molar-refractivity contribution in [3.05, 3.63) is 58.3 Å². The summed E-state index contributed by atoms with van der Waals surface area (Å²) in [6.07, 6.45) is 2.04. The van der Waals surface area contributed by atoms with E-state index in [0.717, 1.165) is 26.8 Å². The maximum atomic E-state index is 11.7. The van der Waals surface area contributed by atoms with E-state index >= 15 is 0 Å². The lowest BCUT2D eigenvalue weighted by Gasteiger charge is -2.11. The Morgan fingerprint density at radius 2 is 2.12 bits per heavy atom. The average Bonchev–Trinajstić information content (AvgIpc) is 3.03. The molecule has 0 aliphatic heterocycles. The van der Waals surface area contributed by atoms with E-state index in [4.69, 9.17) is 9.47 Å². The summed E-state index contributed by atoms with van der Waals surface area (Å²) in [5, 5.41) is 1.03. The number of carbonyl (C=O) groups excluding carboxylic acids is 1. The Hall–Kier alpha value is -2.34. The Morgan fingerprint density at radius 1 is 1.29 bits per heavy atom. The number of H-pyrrole nitrogens is 1. The first-order valence-electron chi connectivity index (χ1n) is 7.66. The minimum atomic E-state index is -0.262. The standard InChI is InChI=1S/C18H17BrN2O3/c1-2-23-17(22)9-12-5-3-4-6-16(12)24-11-13-10-15(19)14-7-8-20-18(14)21-13/h3-8,10H,2,9,11H2,1H3,(H,20,21). The van der Waals surface area contributed by atoms with Crippen LogP contribution in [-0.2, 0) is 22.6 Å². The third-order valence-corrected chi connectivity index (χ3v) is 4.18. The normalized spacial score (nSPS) is 10.8. The van der Waals surface area contributed by atoms with E-state index in [-0.39, 0.29) is 12.4 Å². The Morgan fingerprint density at radius 3 is 2.96 bits per heavy atom. The highest BCUT2D eigenvalue weighted by atomic mass is 79.9. The molecule has 0 amide bonds. The monoisotopic (exact) mass is 388 g/mol. The number of nitrogens with zero attached hydrogens (tertiary/aromatic N) is 1. The van der Waals surface area contributed by atoms with Gasteiger partial charge in [-0.05, 0) is 41.1 Å². The molecule has 1 N–H and O–H groups in total. The van der Waals surface area contributed by atoms with Gasteiger partial charge >= 0.3 is 5.97 Å². The zero-order valence-corrected chi connectivity index (χ0v) is 14.8. The molecular weight excluding hydrogens is 372 g/mol. The van der Waals surface area contributed by atoms with Gasteiger partial charge < -0.3 is 14.5 Å². The van der Waals surface area contributed by atoms with Gasteiger partial charge in [0.2, 0.25) is 0 Å². The van der Waals surface area contributed by atoms with Crippen molar-refractivity contribution in [2.24, 2.45) is 0 Å². The first kappa shape index (κ1) is 16.5. The number of ether oxygens (including phenoxy) is 2. The molecule has 0 aliphatic rings. The summed E-state index contributed by atoms with van der Waals surface area (Å²) in [5.41, 5.74) is 2.40. The maximum absolute atomic E-state index is 11.7. The highest BCUT2D eigenvalue weighted by Gasteiger charge is 2.11. The van der Waals surface area contributed by atoms with Crippen molar-refractivity contribution in [2.45, 2.75) is 20.0 Å². The number of halogens is 1. The number of benzene rings is 1. The smallest absolute Gasteiger partial charge is 0.310 e. The van der Waals surface area contributed by atoms with Gasteiger partial charge in [0.1, 0.15) is 18.0 Å². The van der Waals surface area contributed by atoms with Crippen LogP contribution in [0.25, 0.3) is 11.0 Å². The van der Waals surface area contributed by atoms with Gasteiger partial charge in [0.25, 0.3) is 0 Å². The molecule has 1 aromatic carbocycles. The van der Waals surface area contributed by atoms with Crippen LogP contribution in [0.2, 0.25) is 0 Å². The summed E-state index contributed by atoms with van der Waals surface area (Å²) in [5.74, 6) is 0.400. The quantitative estimate of drug-likeness (QED) is 0.647. The number of rotatable bonds is 6. The molecule has 0 bridgehead atoms. The van der Waals surface area contributed by atoms with Gasteiger partial charge in [-0.15, -0.1) is 0 Å². The summed E-state index contributed by atoms with van der Waals surface area (Å²) in [6, 6.07) is 11.4. The zero-order chi connectivity index (χ0) is 16.9. The second-order valence-electron chi connectivity index (χ2n) is 5.21. The van der Waals surface area contributed by atoms with Crippen LogP contribution in [-0.4, -0.2) is 22.5 Å². The van der Waals surface area contributed by atoms with Gasteiger partial charge in [0.15, 0.2) is 0 Å². The van der Waals surface area contributed by atoms with E-state index in [1.165, 1.54) is 0 Å². The van der Waals surface area contributed by atoms with E-state index in [1.807, 2.05) is 42.6 Å². The van der Waals surface area contributed by atoms with Gasteiger partial charge in [0, 0.05) is 21.6 Å². The molecular formula is C18H17BrN2O3. The highest BCUT2D eigenvalue weighted by molar-refractivity contribution is 9.10. The molecule has 24 heavy (non-hydrogen) atoms. The third-order valence-electron chi connectivity index (χ3n) is 3.52. The number of hydrogen-bond acceptors (Lipinski definition) is 4. The first-order chi connectivity index (χ1) is 11.7. The molecule has 2 aromatic heterocycles. The van der Waals surface area contributed by atoms with Gasteiger partial charge in [-0.3, -0.25) is 4.79 Å².